The van der Waals surface area contributed by atoms with Gasteiger partial charge < -0.3 is 10.1 Å². The van der Waals surface area contributed by atoms with Gasteiger partial charge in [0.1, 0.15) is 17.5 Å². The lowest BCUT2D eigenvalue weighted by atomic mass is 9.82. The number of hydrogen-bond acceptors (Lipinski definition) is 3. The minimum atomic E-state index is -0.776. The molecule has 0 bridgehead atoms. The van der Waals surface area contributed by atoms with Crippen molar-refractivity contribution in [3.05, 3.63) is 35.1 Å². The van der Waals surface area contributed by atoms with Crippen molar-refractivity contribution in [1.82, 2.24) is 5.32 Å². The van der Waals surface area contributed by atoms with Crippen LogP contribution in [-0.4, -0.2) is 23.5 Å². The smallest absolute Gasteiger partial charge is 0.408 e. The van der Waals surface area contributed by atoms with Gasteiger partial charge in [0.05, 0.1) is 0 Å². The predicted octanol–water partition coefficient (Wildman–Crippen LogP) is 5.29. The van der Waals surface area contributed by atoms with Gasteiger partial charge in [-0.1, -0.05) is 34.1 Å². The van der Waals surface area contributed by atoms with E-state index in [0.717, 1.165) is 12.8 Å². The number of unbranched alkanes of at least 4 members (excludes halogenated alkanes) is 1. The minimum Gasteiger partial charge on any atom is -0.444 e. The Bertz CT molecular complexity index is 642. The topological polar surface area (TPSA) is 55.4 Å². The Kier molecular flexibility index (Phi) is 7.36. The van der Waals surface area contributed by atoms with Gasteiger partial charge >= 0.3 is 6.09 Å². The Morgan fingerprint density at radius 2 is 1.77 bits per heavy atom. The molecule has 1 N–H and O–H groups in total. The van der Waals surface area contributed by atoms with Crippen LogP contribution in [-0.2, 0) is 11.2 Å². The van der Waals surface area contributed by atoms with Crippen LogP contribution < -0.4 is 5.32 Å². The van der Waals surface area contributed by atoms with Crippen LogP contribution in [0.3, 0.4) is 0 Å². The van der Waals surface area contributed by atoms with Crippen molar-refractivity contribution >= 4 is 11.9 Å². The highest BCUT2D eigenvalue weighted by molar-refractivity contribution is 6.02. The molecule has 26 heavy (non-hydrogen) atoms. The first kappa shape index (κ1) is 22.1. The number of ketones is 1. The zero-order chi connectivity index (χ0) is 20.1. The first-order valence-electron chi connectivity index (χ1n) is 9.17. The van der Waals surface area contributed by atoms with Crippen molar-refractivity contribution in [2.24, 2.45) is 5.41 Å². The number of carbonyl (C=O) groups excluding carboxylic acids is 2. The molecule has 0 aliphatic heterocycles. The zero-order valence-corrected chi connectivity index (χ0v) is 17.0. The molecule has 1 aromatic carbocycles. The molecule has 0 aliphatic rings. The maximum absolute atomic E-state index is 14.0. The van der Waals surface area contributed by atoms with Crippen LogP contribution >= 0.6 is 0 Å². The Morgan fingerprint density at radius 1 is 1.15 bits per heavy atom. The number of halogens is 1. The molecule has 0 unspecified atom stereocenters. The lowest BCUT2D eigenvalue weighted by molar-refractivity contribution is 0.0446. The number of nitrogens with one attached hydrogen (secondary N) is 1. The summed E-state index contributed by atoms with van der Waals surface area (Å²) in [4.78, 5) is 25.2. The van der Waals surface area contributed by atoms with Crippen LogP contribution in [0.25, 0.3) is 0 Å². The fourth-order valence-electron chi connectivity index (χ4n) is 2.55. The molecule has 1 amide bonds. The summed E-state index contributed by atoms with van der Waals surface area (Å²) in [5.74, 6) is -0.552. The summed E-state index contributed by atoms with van der Waals surface area (Å²) in [7, 11) is 0. The molecule has 5 heteroatoms. The molecule has 0 radical (unpaired) electrons. The lowest BCUT2D eigenvalue weighted by Crippen LogP contribution is -2.50. The Balaban J connectivity index is 3.08. The second-order valence-corrected chi connectivity index (χ2v) is 8.72. The second-order valence-electron chi connectivity index (χ2n) is 8.72. The molecule has 146 valence electrons. The number of Topliss-reactive ketones (excluding diaryl/α,β-unsaturated/α-hetero) is 1. The highest BCUT2D eigenvalue weighted by Gasteiger charge is 2.34. The molecule has 1 atom stereocenters. The molecule has 1 aromatic rings. The van der Waals surface area contributed by atoms with Gasteiger partial charge in [-0.15, -0.1) is 0 Å². The van der Waals surface area contributed by atoms with Gasteiger partial charge in [0.15, 0.2) is 5.78 Å². The van der Waals surface area contributed by atoms with Crippen molar-refractivity contribution in [1.29, 1.82) is 0 Å². The van der Waals surface area contributed by atoms with Gasteiger partial charge in [0, 0.05) is 5.56 Å². The summed E-state index contributed by atoms with van der Waals surface area (Å²) in [5.41, 5.74) is -0.249. The number of rotatable bonds is 6. The third-order valence-electron chi connectivity index (χ3n) is 3.92. The molecule has 0 aliphatic carbocycles. The van der Waals surface area contributed by atoms with E-state index in [-0.39, 0.29) is 11.6 Å². The van der Waals surface area contributed by atoms with E-state index in [2.05, 4.69) is 5.32 Å². The Labute approximate surface area is 156 Å². The van der Waals surface area contributed by atoms with Crippen molar-refractivity contribution in [3.63, 3.8) is 0 Å². The molecule has 0 spiro atoms. The number of amides is 1. The number of alkyl carbamates (subject to hydrolysis) is 1. The standard InChI is InChI=1S/C21H32FNO3/c1-8-9-10-14-13-15(11-12-16(14)22)17(24)18(20(2,3)4)23-19(25)26-21(5,6)7/h11-13,18H,8-10H2,1-7H3,(H,23,25)/t18-/m1/s1. The Hall–Kier alpha value is -1.91. The van der Waals surface area contributed by atoms with Crippen LogP contribution in [0.2, 0.25) is 0 Å². The van der Waals surface area contributed by atoms with Gasteiger partial charge in [0.25, 0.3) is 0 Å². The average Bonchev–Trinajstić information content (AvgIpc) is 2.48. The monoisotopic (exact) mass is 365 g/mol. The predicted molar refractivity (Wildman–Crippen MR) is 102 cm³/mol. The lowest BCUT2D eigenvalue weighted by Gasteiger charge is -2.31. The molecule has 0 heterocycles. The molecule has 0 saturated heterocycles. The van der Waals surface area contributed by atoms with Crippen LogP contribution in [0, 0.1) is 11.2 Å². The molecular formula is C21H32FNO3. The molecule has 0 aromatic heterocycles. The molecule has 0 saturated carbocycles. The van der Waals surface area contributed by atoms with Crippen LogP contribution in [0.1, 0.15) is 77.2 Å². The van der Waals surface area contributed by atoms with E-state index in [1.54, 1.807) is 26.8 Å². The van der Waals surface area contributed by atoms with Crippen molar-refractivity contribution in [2.75, 3.05) is 0 Å². The molecule has 4 nitrogen and oxygen atoms in total. The maximum Gasteiger partial charge on any atom is 0.408 e. The summed E-state index contributed by atoms with van der Waals surface area (Å²) < 4.78 is 19.3. The number of ether oxygens (including phenoxy) is 1. The largest absolute Gasteiger partial charge is 0.444 e. The molecule has 1 rings (SSSR count). The van der Waals surface area contributed by atoms with Crippen molar-refractivity contribution in [3.8, 4) is 0 Å². The average molecular weight is 365 g/mol. The first-order chi connectivity index (χ1) is 11.8. The summed E-state index contributed by atoms with van der Waals surface area (Å²) in [6.45, 7) is 12.9. The van der Waals surface area contributed by atoms with Gasteiger partial charge in [0.2, 0.25) is 0 Å². The van der Waals surface area contributed by atoms with Crippen LogP contribution in [0.5, 0.6) is 0 Å². The van der Waals surface area contributed by atoms with Gasteiger partial charge in [-0.3, -0.25) is 4.79 Å². The van der Waals surface area contributed by atoms with E-state index in [9.17, 15) is 14.0 Å². The van der Waals surface area contributed by atoms with E-state index in [4.69, 9.17) is 4.74 Å². The van der Waals surface area contributed by atoms with Crippen LogP contribution in [0.15, 0.2) is 18.2 Å². The van der Waals surface area contributed by atoms with E-state index >= 15 is 0 Å². The minimum absolute atomic E-state index is 0.249. The fourth-order valence-corrected chi connectivity index (χ4v) is 2.55. The van der Waals surface area contributed by atoms with Gasteiger partial charge in [-0.25, -0.2) is 9.18 Å². The molecule has 0 fully saturated rings. The fraction of sp³-hybridized carbons (Fsp3) is 0.619. The molecular weight excluding hydrogens is 333 g/mol. The summed E-state index contributed by atoms with van der Waals surface area (Å²) in [5, 5.41) is 2.68. The SMILES string of the molecule is CCCCc1cc(C(=O)[C@@H](NC(=O)OC(C)(C)C)C(C)(C)C)ccc1F. The number of carbonyl (C=O) groups is 2. The second kappa shape index (κ2) is 8.65. The number of benzene rings is 1. The maximum atomic E-state index is 14.0. The van der Waals surface area contributed by atoms with E-state index in [1.807, 2.05) is 27.7 Å². The summed E-state index contributed by atoms with van der Waals surface area (Å²) >= 11 is 0. The summed E-state index contributed by atoms with van der Waals surface area (Å²) in [6, 6.07) is 3.62. The van der Waals surface area contributed by atoms with Gasteiger partial charge in [-0.05, 0) is 62.8 Å². The number of aryl methyl sites for hydroxylation is 1. The summed E-state index contributed by atoms with van der Waals surface area (Å²) in [6.07, 6.45) is 1.75. The van der Waals surface area contributed by atoms with Crippen LogP contribution in [0.4, 0.5) is 9.18 Å². The van der Waals surface area contributed by atoms with E-state index in [1.165, 1.54) is 12.1 Å². The highest BCUT2D eigenvalue weighted by Crippen LogP contribution is 2.25. The first-order valence-corrected chi connectivity index (χ1v) is 9.17. The Morgan fingerprint density at radius 3 is 2.27 bits per heavy atom. The number of hydrogen-bond donors (Lipinski definition) is 1. The normalized spacial score (nSPS) is 13.2. The quantitative estimate of drug-likeness (QED) is 0.697. The highest BCUT2D eigenvalue weighted by atomic mass is 19.1. The van der Waals surface area contributed by atoms with E-state index < -0.39 is 23.2 Å². The third kappa shape index (κ3) is 6.77. The third-order valence-corrected chi connectivity index (χ3v) is 3.92. The van der Waals surface area contributed by atoms with Crippen molar-refractivity contribution in [2.45, 2.75) is 79.4 Å². The van der Waals surface area contributed by atoms with Crippen molar-refractivity contribution < 1.29 is 18.7 Å². The van der Waals surface area contributed by atoms with E-state index in [0.29, 0.717) is 17.5 Å². The van der Waals surface area contributed by atoms with Gasteiger partial charge in [-0.2, -0.15) is 0 Å². The zero-order valence-electron chi connectivity index (χ0n) is 17.0.